The molecule has 8 nitrogen and oxygen atoms in total. The molecule has 150 valence electrons. The lowest BCUT2D eigenvalue weighted by Gasteiger charge is -2.50. The number of ether oxygens (including phenoxy) is 4. The average Bonchev–Trinajstić information content (AvgIpc) is 2.79. The first-order valence-corrected chi connectivity index (χ1v) is 9.20. The third-order valence-electron chi connectivity index (χ3n) is 5.38. The van der Waals surface area contributed by atoms with Crippen molar-refractivity contribution in [1.29, 1.82) is 0 Å². The van der Waals surface area contributed by atoms with E-state index in [0.717, 1.165) is 0 Å². The summed E-state index contributed by atoms with van der Waals surface area (Å²) >= 11 is 0. The minimum absolute atomic E-state index is 0.0274. The predicted octanol–water partition coefficient (Wildman–Crippen LogP) is 1.19. The lowest BCUT2D eigenvalue weighted by atomic mass is 9.74. The highest BCUT2D eigenvalue weighted by Crippen LogP contribution is 2.52. The van der Waals surface area contributed by atoms with Gasteiger partial charge in [0.2, 0.25) is 5.79 Å². The van der Waals surface area contributed by atoms with Crippen LogP contribution in [0.5, 0.6) is 0 Å². The molecule has 1 N–H and O–H groups in total. The minimum atomic E-state index is -1.66. The molecule has 3 heterocycles. The molecule has 27 heavy (non-hydrogen) atoms. The number of fused-ring (bicyclic) bond motifs is 1. The molecular weight excluding hydrogens is 356 g/mol. The third kappa shape index (κ3) is 3.53. The van der Waals surface area contributed by atoms with Gasteiger partial charge < -0.3 is 24.1 Å². The molecule has 1 spiro atoms. The molecule has 3 aliphatic heterocycles. The van der Waals surface area contributed by atoms with Crippen LogP contribution in [0.4, 0.5) is 0 Å². The number of hydrogen-bond acceptors (Lipinski definition) is 8. The molecule has 0 amide bonds. The summed E-state index contributed by atoms with van der Waals surface area (Å²) in [6.45, 7) is 6.59. The van der Waals surface area contributed by atoms with E-state index in [9.17, 15) is 19.5 Å². The van der Waals surface area contributed by atoms with E-state index >= 15 is 0 Å². The molecular formula is C19H26O8. The molecule has 0 saturated carbocycles. The summed E-state index contributed by atoms with van der Waals surface area (Å²) in [5.41, 5.74) is -2.04. The summed E-state index contributed by atoms with van der Waals surface area (Å²) in [5, 5.41) is 10.8. The van der Waals surface area contributed by atoms with E-state index in [1.807, 2.05) is 0 Å². The zero-order valence-corrected chi connectivity index (χ0v) is 16.1. The summed E-state index contributed by atoms with van der Waals surface area (Å²) in [5.74, 6) is -3.08. The first-order chi connectivity index (χ1) is 12.5. The topological polar surface area (TPSA) is 108 Å². The fraction of sp³-hybridized carbons (Fsp3) is 0.737. The number of carbonyl (C=O) groups is 3. The molecule has 0 aromatic carbocycles. The Bertz CT molecular complexity index is 708. The van der Waals surface area contributed by atoms with Crippen molar-refractivity contribution in [1.82, 2.24) is 0 Å². The van der Waals surface area contributed by atoms with Gasteiger partial charge in [-0.05, 0) is 27.2 Å². The molecule has 0 unspecified atom stereocenters. The predicted molar refractivity (Wildman–Crippen MR) is 91.5 cm³/mol. The van der Waals surface area contributed by atoms with Crippen molar-refractivity contribution < 1.29 is 38.4 Å². The Morgan fingerprint density at radius 1 is 1.33 bits per heavy atom. The smallest absolute Gasteiger partial charge is 0.339 e. The van der Waals surface area contributed by atoms with Gasteiger partial charge >= 0.3 is 11.9 Å². The van der Waals surface area contributed by atoms with Gasteiger partial charge in [-0.15, -0.1) is 0 Å². The van der Waals surface area contributed by atoms with Crippen LogP contribution >= 0.6 is 0 Å². The van der Waals surface area contributed by atoms with Crippen molar-refractivity contribution in [3.63, 3.8) is 0 Å². The molecule has 2 saturated heterocycles. The highest BCUT2D eigenvalue weighted by Gasteiger charge is 2.64. The summed E-state index contributed by atoms with van der Waals surface area (Å²) in [7, 11) is 0. The minimum Gasteiger partial charge on any atom is -0.458 e. The molecule has 0 aromatic rings. The zero-order valence-electron chi connectivity index (χ0n) is 16.1. The van der Waals surface area contributed by atoms with E-state index in [1.165, 1.54) is 6.92 Å². The molecule has 2 bridgehead atoms. The van der Waals surface area contributed by atoms with Crippen LogP contribution in [-0.2, 0) is 33.3 Å². The van der Waals surface area contributed by atoms with Crippen LogP contribution in [0.15, 0.2) is 11.1 Å². The monoisotopic (exact) mass is 382 g/mol. The molecule has 0 aliphatic carbocycles. The Kier molecular flexibility index (Phi) is 4.95. The molecule has 3 aliphatic rings. The van der Waals surface area contributed by atoms with Crippen LogP contribution in [0.3, 0.4) is 0 Å². The van der Waals surface area contributed by atoms with Crippen molar-refractivity contribution in [2.24, 2.45) is 0 Å². The van der Waals surface area contributed by atoms with Crippen LogP contribution in [0, 0.1) is 0 Å². The van der Waals surface area contributed by atoms with Crippen LogP contribution in [0.2, 0.25) is 0 Å². The van der Waals surface area contributed by atoms with Crippen LogP contribution in [-0.4, -0.2) is 59.1 Å². The van der Waals surface area contributed by atoms with Gasteiger partial charge in [0.05, 0.1) is 23.4 Å². The number of aliphatic hydroxyl groups is 1. The number of hydrogen-bond donors (Lipinski definition) is 1. The Morgan fingerprint density at radius 3 is 2.67 bits per heavy atom. The average molecular weight is 382 g/mol. The quantitative estimate of drug-likeness (QED) is 0.722. The highest BCUT2D eigenvalue weighted by atomic mass is 16.7. The van der Waals surface area contributed by atoms with Crippen molar-refractivity contribution in [2.75, 3.05) is 13.2 Å². The Hall–Kier alpha value is -1.77. The van der Waals surface area contributed by atoms with Crippen molar-refractivity contribution in [3.05, 3.63) is 11.1 Å². The normalized spacial score (nSPS) is 38.8. The standard InChI is InChI=1S/C19H26O8/c1-5-24-9-12-15-13(25-11(2)20)8-18(4)14(21)6-7-17(3,23)10-19(15,27-18)26-16(12)22/h13,23H,5-10H2,1-4H3/t13-,17+,18+,19+/m0/s1. The summed E-state index contributed by atoms with van der Waals surface area (Å²) in [6.07, 6.45) is -0.517. The second-order valence-electron chi connectivity index (χ2n) is 7.90. The van der Waals surface area contributed by atoms with Crippen LogP contribution < -0.4 is 0 Å². The van der Waals surface area contributed by atoms with Crippen LogP contribution in [0.1, 0.15) is 53.4 Å². The number of ketones is 1. The fourth-order valence-electron chi connectivity index (χ4n) is 4.20. The number of rotatable bonds is 4. The third-order valence-corrected chi connectivity index (χ3v) is 5.38. The van der Waals surface area contributed by atoms with E-state index in [2.05, 4.69) is 0 Å². The van der Waals surface area contributed by atoms with Gasteiger partial charge in [0.15, 0.2) is 5.78 Å². The van der Waals surface area contributed by atoms with Crippen molar-refractivity contribution in [2.45, 2.75) is 76.5 Å². The van der Waals surface area contributed by atoms with Gasteiger partial charge in [-0.25, -0.2) is 4.79 Å². The van der Waals surface area contributed by atoms with Gasteiger partial charge in [-0.3, -0.25) is 9.59 Å². The molecule has 0 radical (unpaired) electrons. The molecule has 0 aromatic heterocycles. The first-order valence-electron chi connectivity index (χ1n) is 9.20. The number of carbonyl (C=O) groups excluding carboxylic acids is 3. The summed E-state index contributed by atoms with van der Waals surface area (Å²) < 4.78 is 22.6. The van der Waals surface area contributed by atoms with E-state index in [-0.39, 0.29) is 43.6 Å². The second-order valence-corrected chi connectivity index (χ2v) is 7.90. The van der Waals surface area contributed by atoms with Gasteiger partial charge in [-0.1, -0.05) is 0 Å². The maximum atomic E-state index is 12.8. The zero-order chi connectivity index (χ0) is 20.0. The number of Topliss-reactive ketones (excluding diaryl/α,β-unsaturated/α-hetero) is 1. The fourth-order valence-corrected chi connectivity index (χ4v) is 4.20. The van der Waals surface area contributed by atoms with Gasteiger partial charge in [0, 0.05) is 32.8 Å². The maximum Gasteiger partial charge on any atom is 0.339 e. The van der Waals surface area contributed by atoms with E-state index in [0.29, 0.717) is 12.2 Å². The van der Waals surface area contributed by atoms with Crippen molar-refractivity contribution in [3.8, 4) is 0 Å². The van der Waals surface area contributed by atoms with Gasteiger partial charge in [0.1, 0.15) is 11.7 Å². The maximum absolute atomic E-state index is 12.8. The Morgan fingerprint density at radius 2 is 2.04 bits per heavy atom. The van der Waals surface area contributed by atoms with E-state index in [1.54, 1.807) is 20.8 Å². The molecule has 4 atom stereocenters. The van der Waals surface area contributed by atoms with Gasteiger partial charge in [-0.2, -0.15) is 0 Å². The second kappa shape index (κ2) is 6.68. The highest BCUT2D eigenvalue weighted by molar-refractivity contribution is 5.94. The largest absolute Gasteiger partial charge is 0.458 e. The lowest BCUT2D eigenvalue weighted by Crippen LogP contribution is -2.61. The molecule has 8 heteroatoms. The lowest BCUT2D eigenvalue weighted by molar-refractivity contribution is -0.284. The SMILES string of the molecule is CCOCC1=C2[C@@H](OC(C)=O)C[C@@]3(C)O[C@@]2(C[C@](C)(O)CCC3=O)OC1=O. The van der Waals surface area contributed by atoms with Crippen LogP contribution in [0.25, 0.3) is 0 Å². The summed E-state index contributed by atoms with van der Waals surface area (Å²) in [4.78, 5) is 37.1. The number of esters is 2. The van der Waals surface area contributed by atoms with Crippen molar-refractivity contribution >= 4 is 17.7 Å². The summed E-state index contributed by atoms with van der Waals surface area (Å²) in [6, 6.07) is 0. The first kappa shape index (κ1) is 20.0. The van der Waals surface area contributed by atoms with E-state index < -0.39 is 35.0 Å². The molecule has 3 rings (SSSR count). The van der Waals surface area contributed by atoms with Gasteiger partial charge in [0.25, 0.3) is 0 Å². The Labute approximate surface area is 157 Å². The molecule has 2 fully saturated rings. The Balaban J connectivity index is 2.16. The van der Waals surface area contributed by atoms with E-state index in [4.69, 9.17) is 18.9 Å².